The largest absolute Gasteiger partial charge is 0.503 e. The molecule has 1 fully saturated rings. The van der Waals surface area contributed by atoms with E-state index in [-0.39, 0.29) is 16.6 Å². The number of aromatic hydroxyl groups is 1. The number of aryl methyl sites for hydroxylation is 1. The molecule has 0 amide bonds. The van der Waals surface area contributed by atoms with E-state index >= 15 is 0 Å². The first-order chi connectivity index (χ1) is 12.7. The first kappa shape index (κ1) is 18.9. The number of carbonyl (C=O) groups excluding carboxylic acids is 1. The van der Waals surface area contributed by atoms with Crippen LogP contribution in [-0.4, -0.2) is 41.5 Å². The summed E-state index contributed by atoms with van der Waals surface area (Å²) in [6, 6.07) is 3.29. The predicted octanol–water partition coefficient (Wildman–Crippen LogP) is 5.41. The van der Waals surface area contributed by atoms with Crippen LogP contribution in [0.25, 0.3) is 6.08 Å². The Labute approximate surface area is 170 Å². The SMILES string of the molecule is COc1cc(/C=C/C(=O)c2sc(C)c3c2CC2[C@H]3CS2(C)C)cc(Cl)c1O. The summed E-state index contributed by atoms with van der Waals surface area (Å²) in [6.45, 7) is 2.15. The van der Waals surface area contributed by atoms with E-state index in [4.69, 9.17) is 16.3 Å². The number of halogens is 1. The van der Waals surface area contributed by atoms with Crippen molar-refractivity contribution in [2.24, 2.45) is 0 Å². The summed E-state index contributed by atoms with van der Waals surface area (Å²) in [5.74, 6) is 2.23. The monoisotopic (exact) mass is 422 g/mol. The molecule has 1 unspecified atom stereocenters. The molecule has 4 rings (SSSR count). The molecule has 27 heavy (non-hydrogen) atoms. The number of fused-ring (bicyclic) bond motifs is 3. The summed E-state index contributed by atoms with van der Waals surface area (Å²) in [4.78, 5) is 15.1. The van der Waals surface area contributed by atoms with E-state index in [2.05, 4.69) is 19.4 Å². The zero-order valence-electron chi connectivity index (χ0n) is 15.8. The molecule has 0 spiro atoms. The van der Waals surface area contributed by atoms with Crippen LogP contribution >= 0.6 is 33.0 Å². The number of ether oxygens (including phenoxy) is 1. The number of phenolic OH excluding ortho intramolecular Hbond substituents is 1. The molecular weight excluding hydrogens is 400 g/mol. The Kier molecular flexibility index (Phi) is 4.60. The molecule has 1 N–H and O–H groups in total. The smallest absolute Gasteiger partial charge is 0.196 e. The highest BCUT2D eigenvalue weighted by Crippen LogP contribution is 2.68. The average molecular weight is 423 g/mol. The Morgan fingerprint density at radius 3 is 2.81 bits per heavy atom. The predicted molar refractivity (Wildman–Crippen MR) is 117 cm³/mol. The number of rotatable bonds is 4. The topological polar surface area (TPSA) is 46.5 Å². The molecule has 0 saturated carbocycles. The van der Waals surface area contributed by atoms with E-state index in [0.29, 0.717) is 11.7 Å². The maximum absolute atomic E-state index is 12.9. The minimum Gasteiger partial charge on any atom is -0.503 e. The van der Waals surface area contributed by atoms with Crippen LogP contribution in [0.15, 0.2) is 18.2 Å². The summed E-state index contributed by atoms with van der Waals surface area (Å²) in [5.41, 5.74) is 3.48. The van der Waals surface area contributed by atoms with Crippen LogP contribution in [0.4, 0.5) is 0 Å². The van der Waals surface area contributed by atoms with Gasteiger partial charge in [-0.1, -0.05) is 17.7 Å². The van der Waals surface area contributed by atoms with E-state index in [0.717, 1.165) is 22.1 Å². The molecule has 6 heteroatoms. The van der Waals surface area contributed by atoms with Gasteiger partial charge in [0.2, 0.25) is 0 Å². The molecule has 0 bridgehead atoms. The lowest BCUT2D eigenvalue weighted by Crippen LogP contribution is -2.38. The Bertz CT molecular complexity index is 974. The highest BCUT2D eigenvalue weighted by Gasteiger charge is 2.51. The second-order valence-electron chi connectivity index (χ2n) is 7.77. The fourth-order valence-corrected chi connectivity index (χ4v) is 8.79. The molecule has 1 aromatic carbocycles. The van der Waals surface area contributed by atoms with Crippen molar-refractivity contribution in [2.45, 2.75) is 24.5 Å². The second-order valence-corrected chi connectivity index (χ2v) is 13.6. The molecule has 144 valence electrons. The second kappa shape index (κ2) is 6.57. The van der Waals surface area contributed by atoms with Crippen LogP contribution in [0.5, 0.6) is 11.5 Å². The Morgan fingerprint density at radius 1 is 1.41 bits per heavy atom. The van der Waals surface area contributed by atoms with Gasteiger partial charge >= 0.3 is 0 Å². The van der Waals surface area contributed by atoms with Gasteiger partial charge in [-0.15, -0.1) is 11.3 Å². The van der Waals surface area contributed by atoms with Crippen LogP contribution in [0.1, 0.15) is 37.2 Å². The van der Waals surface area contributed by atoms with E-state index in [9.17, 15) is 9.90 Å². The third-order valence-electron chi connectivity index (χ3n) is 5.81. The third kappa shape index (κ3) is 3.00. The zero-order valence-corrected chi connectivity index (χ0v) is 18.2. The molecule has 2 aromatic rings. The molecule has 2 atom stereocenters. The van der Waals surface area contributed by atoms with Crippen molar-refractivity contribution in [3.8, 4) is 11.5 Å². The van der Waals surface area contributed by atoms with Crippen molar-refractivity contribution in [3.05, 3.63) is 49.7 Å². The van der Waals surface area contributed by atoms with E-state index in [1.165, 1.54) is 28.9 Å². The number of hydrogen-bond donors (Lipinski definition) is 1. The number of thiophene rings is 1. The molecule has 3 nitrogen and oxygen atoms in total. The summed E-state index contributed by atoms with van der Waals surface area (Å²) in [6.07, 6.45) is 9.23. The molecule has 0 radical (unpaired) electrons. The molecule has 2 aliphatic rings. The summed E-state index contributed by atoms with van der Waals surface area (Å²) >= 11 is 7.66. The number of allylic oxidation sites excluding steroid dienone is 1. The first-order valence-corrected chi connectivity index (χ1v) is 12.7. The van der Waals surface area contributed by atoms with Gasteiger partial charge < -0.3 is 9.84 Å². The normalized spacial score (nSPS) is 23.6. The van der Waals surface area contributed by atoms with Gasteiger partial charge in [0.05, 0.1) is 17.0 Å². The maximum atomic E-state index is 12.9. The van der Waals surface area contributed by atoms with Crippen LogP contribution in [0, 0.1) is 6.92 Å². The van der Waals surface area contributed by atoms with Crippen molar-refractivity contribution >= 4 is 44.8 Å². The van der Waals surface area contributed by atoms with Gasteiger partial charge in [0.25, 0.3) is 0 Å². The van der Waals surface area contributed by atoms with Crippen LogP contribution in [0.2, 0.25) is 5.02 Å². The van der Waals surface area contributed by atoms with Crippen molar-refractivity contribution in [3.63, 3.8) is 0 Å². The third-order valence-corrected chi connectivity index (χ3v) is 10.6. The van der Waals surface area contributed by atoms with Gasteiger partial charge in [0.1, 0.15) is 0 Å². The van der Waals surface area contributed by atoms with Gasteiger partial charge in [-0.3, -0.25) is 4.79 Å². The molecule has 1 saturated heterocycles. The lowest BCUT2D eigenvalue weighted by molar-refractivity contribution is 0.105. The summed E-state index contributed by atoms with van der Waals surface area (Å²) in [5, 5.41) is 10.8. The van der Waals surface area contributed by atoms with Gasteiger partial charge in [0.15, 0.2) is 17.3 Å². The van der Waals surface area contributed by atoms with Crippen molar-refractivity contribution in [1.82, 2.24) is 0 Å². The van der Waals surface area contributed by atoms with E-state index < -0.39 is 10.0 Å². The maximum Gasteiger partial charge on any atom is 0.196 e. The standard InChI is InChI=1S/C21H23ClO3S2/c1-11-19-13(9-18-14(19)10-27(18,3)4)21(26-11)16(23)6-5-12-7-15(22)20(24)17(8-12)25-2/h5-8,14,18,24H,9-10H2,1-4H3/b6-5+/t14-,18?/m1/s1. The van der Waals surface area contributed by atoms with E-state index in [1.54, 1.807) is 35.6 Å². The lowest BCUT2D eigenvalue weighted by atomic mass is 10.0. The molecular formula is C21H23ClO3S2. The summed E-state index contributed by atoms with van der Waals surface area (Å²) < 4.78 is 5.12. The van der Waals surface area contributed by atoms with Crippen LogP contribution in [-0.2, 0) is 6.42 Å². The van der Waals surface area contributed by atoms with Crippen molar-refractivity contribution in [2.75, 3.05) is 25.4 Å². The highest BCUT2D eigenvalue weighted by molar-refractivity contribution is 8.34. The molecule has 2 heterocycles. The minimum atomic E-state index is -0.505. The minimum absolute atomic E-state index is 0.0432. The Morgan fingerprint density at radius 2 is 2.15 bits per heavy atom. The lowest BCUT2D eigenvalue weighted by Gasteiger charge is -2.53. The number of methoxy groups -OCH3 is 1. The van der Waals surface area contributed by atoms with Crippen molar-refractivity contribution in [1.29, 1.82) is 0 Å². The van der Waals surface area contributed by atoms with Gasteiger partial charge in [-0.05, 0) is 66.5 Å². The first-order valence-electron chi connectivity index (χ1n) is 8.84. The molecule has 1 aliphatic carbocycles. The number of hydrogen-bond acceptors (Lipinski definition) is 4. The Balaban J connectivity index is 1.61. The molecule has 1 aliphatic heterocycles. The average Bonchev–Trinajstić information content (AvgIpc) is 3.11. The van der Waals surface area contributed by atoms with Crippen LogP contribution < -0.4 is 4.74 Å². The quantitative estimate of drug-likeness (QED) is 0.529. The summed E-state index contributed by atoms with van der Waals surface area (Å²) in [7, 11) is 0.967. The highest BCUT2D eigenvalue weighted by atomic mass is 35.5. The van der Waals surface area contributed by atoms with Gasteiger partial charge in [-0.2, -0.15) is 0 Å². The van der Waals surface area contributed by atoms with Gasteiger partial charge in [0, 0.05) is 16.0 Å². The number of phenols is 1. The number of carbonyl (C=O) groups is 1. The molecule has 1 aromatic heterocycles. The number of ketones is 1. The Hall–Kier alpha value is -1.43. The van der Waals surface area contributed by atoms with E-state index in [1.807, 2.05) is 0 Å². The number of benzene rings is 1. The van der Waals surface area contributed by atoms with Crippen LogP contribution in [0.3, 0.4) is 0 Å². The van der Waals surface area contributed by atoms with Crippen molar-refractivity contribution < 1.29 is 14.6 Å². The van der Waals surface area contributed by atoms with Gasteiger partial charge in [-0.25, -0.2) is 10.0 Å². The fourth-order valence-electron chi connectivity index (χ4n) is 4.44. The zero-order chi connectivity index (χ0) is 19.5. The fraction of sp³-hybridized carbons (Fsp3) is 0.381.